The topological polar surface area (TPSA) is 57.0 Å². The molecule has 5 nitrogen and oxygen atoms in total. The molecule has 0 aliphatic rings. The molecule has 0 saturated heterocycles. The number of rotatable bonds is 7. The van der Waals surface area contributed by atoms with Crippen LogP contribution in [0.4, 0.5) is 0 Å². The summed E-state index contributed by atoms with van der Waals surface area (Å²) in [7, 11) is 1.61. The Morgan fingerprint density at radius 2 is 1.84 bits per heavy atom. The number of hydrogen-bond donors (Lipinski definition) is 0. The summed E-state index contributed by atoms with van der Waals surface area (Å²) in [5, 5.41) is 4.76. The van der Waals surface area contributed by atoms with E-state index in [1.54, 1.807) is 49.5 Å². The quantitative estimate of drug-likeness (QED) is 0.220. The Kier molecular flexibility index (Phi) is 6.29. The van der Waals surface area contributed by atoms with Crippen molar-refractivity contribution in [3.8, 4) is 22.7 Å². The second-order valence-electron chi connectivity index (χ2n) is 6.72. The number of aromatic nitrogens is 3. The Labute approximate surface area is 185 Å². The summed E-state index contributed by atoms with van der Waals surface area (Å²) in [5.74, 6) is 0.597. The maximum atomic E-state index is 12.8. The zero-order valence-corrected chi connectivity index (χ0v) is 18.0. The highest BCUT2D eigenvalue weighted by Crippen LogP contribution is 2.29. The van der Waals surface area contributed by atoms with Crippen molar-refractivity contribution in [3.05, 3.63) is 96.5 Å². The summed E-state index contributed by atoms with van der Waals surface area (Å²) in [4.78, 5) is 17.9. The van der Waals surface area contributed by atoms with E-state index in [9.17, 15) is 4.79 Å². The van der Waals surface area contributed by atoms with Crippen molar-refractivity contribution in [2.45, 2.75) is 4.90 Å². The lowest BCUT2D eigenvalue weighted by atomic mass is 10.1. The SMILES string of the molecule is COc1cc(C(=O)C=Cc2cn(-c3ccccc3)nc2-c2ccncc2)ccc1SC. The number of ether oxygens (including phenoxy) is 1. The summed E-state index contributed by atoms with van der Waals surface area (Å²) < 4.78 is 7.22. The van der Waals surface area contributed by atoms with Crippen molar-refractivity contribution >= 4 is 23.6 Å². The first-order valence-corrected chi connectivity index (χ1v) is 10.9. The summed E-state index contributed by atoms with van der Waals surface area (Å²) in [5.41, 5.74) is 4.08. The second-order valence-corrected chi connectivity index (χ2v) is 7.56. The number of benzene rings is 2. The molecule has 31 heavy (non-hydrogen) atoms. The van der Waals surface area contributed by atoms with Gasteiger partial charge in [0.2, 0.25) is 0 Å². The lowest BCUT2D eigenvalue weighted by Gasteiger charge is -2.07. The molecule has 0 bridgehead atoms. The number of thioether (sulfide) groups is 1. The Hall–Kier alpha value is -3.64. The van der Waals surface area contributed by atoms with Crippen molar-refractivity contribution in [2.75, 3.05) is 13.4 Å². The van der Waals surface area contributed by atoms with Crippen LogP contribution in [0.2, 0.25) is 0 Å². The number of para-hydroxylation sites is 1. The average Bonchev–Trinajstić information content (AvgIpc) is 3.27. The summed E-state index contributed by atoms with van der Waals surface area (Å²) in [6.45, 7) is 0. The van der Waals surface area contributed by atoms with Gasteiger partial charge in [-0.1, -0.05) is 18.2 Å². The monoisotopic (exact) mass is 427 g/mol. The van der Waals surface area contributed by atoms with E-state index in [-0.39, 0.29) is 5.78 Å². The molecule has 0 N–H and O–H groups in total. The van der Waals surface area contributed by atoms with Crippen LogP contribution in [0.15, 0.2) is 90.2 Å². The van der Waals surface area contributed by atoms with E-state index in [0.29, 0.717) is 11.3 Å². The average molecular weight is 428 g/mol. The lowest BCUT2D eigenvalue weighted by Crippen LogP contribution is -1.96. The molecule has 0 spiro atoms. The zero-order valence-electron chi connectivity index (χ0n) is 17.2. The third-order valence-electron chi connectivity index (χ3n) is 4.80. The standard InChI is InChI=1S/C25H21N3O2S/c1-30-23-16-19(9-11-24(23)31-2)22(29)10-8-20-17-28(21-6-4-3-5-7-21)27-25(20)18-12-14-26-15-13-18/h3-17H,1-2H3. The van der Waals surface area contributed by atoms with Crippen LogP contribution in [0.25, 0.3) is 23.0 Å². The maximum Gasteiger partial charge on any atom is 0.185 e. The van der Waals surface area contributed by atoms with Gasteiger partial charge >= 0.3 is 0 Å². The Balaban J connectivity index is 1.69. The molecule has 2 aromatic carbocycles. The number of pyridine rings is 1. The molecule has 4 aromatic rings. The van der Waals surface area contributed by atoms with E-state index in [0.717, 1.165) is 27.4 Å². The highest BCUT2D eigenvalue weighted by Gasteiger charge is 2.12. The molecule has 154 valence electrons. The van der Waals surface area contributed by atoms with Gasteiger partial charge in [-0.15, -0.1) is 11.8 Å². The number of carbonyl (C=O) groups excluding carboxylic acids is 1. The third kappa shape index (κ3) is 4.59. The number of ketones is 1. The van der Waals surface area contributed by atoms with Gasteiger partial charge in [-0.3, -0.25) is 9.78 Å². The molecule has 0 atom stereocenters. The fourth-order valence-electron chi connectivity index (χ4n) is 3.21. The number of hydrogen-bond acceptors (Lipinski definition) is 5. The van der Waals surface area contributed by atoms with E-state index in [2.05, 4.69) is 4.98 Å². The van der Waals surface area contributed by atoms with Crippen molar-refractivity contribution < 1.29 is 9.53 Å². The largest absolute Gasteiger partial charge is 0.496 e. The van der Waals surface area contributed by atoms with E-state index < -0.39 is 0 Å². The maximum absolute atomic E-state index is 12.8. The van der Waals surface area contributed by atoms with Gasteiger partial charge in [0.15, 0.2) is 5.78 Å². The number of carbonyl (C=O) groups is 1. The van der Waals surface area contributed by atoms with Crippen molar-refractivity contribution in [1.82, 2.24) is 14.8 Å². The van der Waals surface area contributed by atoms with Crippen LogP contribution in [0.5, 0.6) is 5.75 Å². The summed E-state index contributed by atoms with van der Waals surface area (Å²) in [6.07, 6.45) is 10.7. The van der Waals surface area contributed by atoms with Gasteiger partial charge < -0.3 is 4.74 Å². The molecular weight excluding hydrogens is 406 g/mol. The fourth-order valence-corrected chi connectivity index (χ4v) is 3.76. The molecule has 2 aromatic heterocycles. The van der Waals surface area contributed by atoms with Gasteiger partial charge in [-0.05, 0) is 60.9 Å². The first kappa shape index (κ1) is 20.6. The van der Waals surface area contributed by atoms with Gasteiger partial charge in [-0.25, -0.2) is 4.68 Å². The Morgan fingerprint density at radius 3 is 2.55 bits per heavy atom. The molecule has 0 saturated carbocycles. The third-order valence-corrected chi connectivity index (χ3v) is 5.58. The van der Waals surface area contributed by atoms with Crippen molar-refractivity contribution in [2.24, 2.45) is 0 Å². The molecule has 0 radical (unpaired) electrons. The van der Waals surface area contributed by atoms with Gasteiger partial charge in [0.05, 0.1) is 12.8 Å². The first-order chi connectivity index (χ1) is 15.2. The molecule has 6 heteroatoms. The lowest BCUT2D eigenvalue weighted by molar-refractivity contribution is 0.104. The Bertz CT molecular complexity index is 1220. The van der Waals surface area contributed by atoms with E-state index in [1.807, 2.05) is 71.7 Å². The minimum absolute atomic E-state index is 0.0981. The molecule has 2 heterocycles. The number of allylic oxidation sites excluding steroid dienone is 1. The first-order valence-electron chi connectivity index (χ1n) is 9.69. The van der Waals surface area contributed by atoms with Crippen LogP contribution in [0.1, 0.15) is 15.9 Å². The molecule has 4 rings (SSSR count). The molecule has 0 amide bonds. The smallest absolute Gasteiger partial charge is 0.185 e. The van der Waals surface area contributed by atoms with Gasteiger partial charge in [0.1, 0.15) is 11.4 Å². The van der Waals surface area contributed by atoms with Crippen molar-refractivity contribution in [3.63, 3.8) is 0 Å². The van der Waals surface area contributed by atoms with Crippen LogP contribution < -0.4 is 4.74 Å². The number of methoxy groups -OCH3 is 1. The zero-order chi connectivity index (χ0) is 21.6. The van der Waals surface area contributed by atoms with E-state index in [4.69, 9.17) is 9.84 Å². The molecule has 0 unspecified atom stereocenters. The fraction of sp³-hybridized carbons (Fsp3) is 0.0800. The highest BCUT2D eigenvalue weighted by molar-refractivity contribution is 7.98. The predicted molar refractivity (Wildman–Crippen MR) is 125 cm³/mol. The summed E-state index contributed by atoms with van der Waals surface area (Å²) >= 11 is 1.58. The van der Waals surface area contributed by atoms with E-state index in [1.165, 1.54) is 0 Å². The van der Waals surface area contributed by atoms with Crippen LogP contribution in [0.3, 0.4) is 0 Å². The predicted octanol–water partition coefficient (Wildman–Crippen LogP) is 5.56. The molecule has 0 aliphatic carbocycles. The molecule has 0 aliphatic heterocycles. The van der Waals surface area contributed by atoms with Gasteiger partial charge in [0.25, 0.3) is 0 Å². The summed E-state index contributed by atoms with van der Waals surface area (Å²) in [6, 6.07) is 19.2. The van der Waals surface area contributed by atoms with Crippen LogP contribution >= 0.6 is 11.8 Å². The van der Waals surface area contributed by atoms with Gasteiger partial charge in [0, 0.05) is 40.2 Å². The van der Waals surface area contributed by atoms with E-state index >= 15 is 0 Å². The van der Waals surface area contributed by atoms with Crippen LogP contribution in [-0.4, -0.2) is 33.9 Å². The van der Waals surface area contributed by atoms with Crippen molar-refractivity contribution in [1.29, 1.82) is 0 Å². The van der Waals surface area contributed by atoms with Crippen LogP contribution in [-0.2, 0) is 0 Å². The van der Waals surface area contributed by atoms with Gasteiger partial charge in [-0.2, -0.15) is 5.10 Å². The molecular formula is C25H21N3O2S. The minimum atomic E-state index is -0.0981. The normalized spacial score (nSPS) is 11.0. The number of nitrogens with zero attached hydrogens (tertiary/aromatic N) is 3. The Morgan fingerprint density at radius 1 is 1.06 bits per heavy atom. The minimum Gasteiger partial charge on any atom is -0.496 e. The second kappa shape index (κ2) is 9.45. The highest BCUT2D eigenvalue weighted by atomic mass is 32.2. The van der Waals surface area contributed by atoms with Crippen LogP contribution in [0, 0.1) is 0 Å². The molecule has 0 fully saturated rings.